The molecular formula is C20H20ClN3O2. The maximum atomic E-state index is 12.4. The van der Waals surface area contributed by atoms with E-state index in [1.54, 1.807) is 30.5 Å². The zero-order valence-electron chi connectivity index (χ0n) is 14.6. The van der Waals surface area contributed by atoms with Gasteiger partial charge in [0, 0.05) is 30.0 Å². The molecule has 0 aliphatic carbocycles. The molecule has 1 amide bonds. The predicted octanol–water partition coefficient (Wildman–Crippen LogP) is 4.14. The van der Waals surface area contributed by atoms with Crippen molar-refractivity contribution >= 4 is 17.5 Å². The minimum Gasteiger partial charge on any atom is -0.486 e. The number of amides is 1. The van der Waals surface area contributed by atoms with Gasteiger partial charge in [0.1, 0.15) is 18.2 Å². The Morgan fingerprint density at radius 1 is 1.19 bits per heavy atom. The van der Waals surface area contributed by atoms with E-state index in [0.717, 1.165) is 11.4 Å². The zero-order valence-corrected chi connectivity index (χ0v) is 15.4. The summed E-state index contributed by atoms with van der Waals surface area (Å²) < 4.78 is 7.60. The molecule has 0 aliphatic rings. The molecule has 0 spiro atoms. The first kappa shape index (κ1) is 18.0. The molecule has 0 saturated carbocycles. The van der Waals surface area contributed by atoms with E-state index in [0.29, 0.717) is 22.9 Å². The Morgan fingerprint density at radius 2 is 1.88 bits per heavy atom. The van der Waals surface area contributed by atoms with E-state index in [1.807, 2.05) is 49.0 Å². The lowest BCUT2D eigenvalue weighted by atomic mass is 10.1. The molecule has 1 N–H and O–H groups in total. The molecule has 2 aromatic carbocycles. The van der Waals surface area contributed by atoms with E-state index in [9.17, 15) is 4.79 Å². The zero-order chi connectivity index (χ0) is 18.5. The second-order valence-electron chi connectivity index (χ2n) is 6.01. The van der Waals surface area contributed by atoms with E-state index in [1.165, 1.54) is 0 Å². The molecule has 134 valence electrons. The van der Waals surface area contributed by atoms with Crippen LogP contribution in [0.4, 0.5) is 0 Å². The van der Waals surface area contributed by atoms with Gasteiger partial charge < -0.3 is 14.6 Å². The lowest BCUT2D eigenvalue weighted by Gasteiger charge is -2.15. The van der Waals surface area contributed by atoms with Gasteiger partial charge in [0.25, 0.3) is 5.91 Å². The van der Waals surface area contributed by atoms with E-state index in [4.69, 9.17) is 16.3 Å². The molecule has 0 unspecified atom stereocenters. The highest BCUT2D eigenvalue weighted by molar-refractivity contribution is 6.30. The van der Waals surface area contributed by atoms with E-state index < -0.39 is 0 Å². The highest BCUT2D eigenvalue weighted by Gasteiger charge is 2.11. The third-order valence-electron chi connectivity index (χ3n) is 4.12. The normalized spacial score (nSPS) is 11.8. The summed E-state index contributed by atoms with van der Waals surface area (Å²) in [6.07, 6.45) is 3.60. The van der Waals surface area contributed by atoms with Crippen LogP contribution in [0.25, 0.3) is 0 Å². The van der Waals surface area contributed by atoms with Crippen LogP contribution in [-0.4, -0.2) is 15.5 Å². The average Bonchev–Trinajstić information content (AvgIpc) is 3.06. The van der Waals surface area contributed by atoms with Gasteiger partial charge in [-0.2, -0.15) is 0 Å². The number of nitrogens with one attached hydrogen (secondary N) is 1. The van der Waals surface area contributed by atoms with Crippen LogP contribution in [0, 0.1) is 0 Å². The molecule has 5 nitrogen and oxygen atoms in total. The van der Waals surface area contributed by atoms with Gasteiger partial charge in [0.15, 0.2) is 0 Å². The van der Waals surface area contributed by atoms with Gasteiger partial charge in [-0.15, -0.1) is 0 Å². The fourth-order valence-corrected chi connectivity index (χ4v) is 2.63. The van der Waals surface area contributed by atoms with Crippen molar-refractivity contribution in [3.63, 3.8) is 0 Å². The summed E-state index contributed by atoms with van der Waals surface area (Å²) in [5.41, 5.74) is 1.58. The van der Waals surface area contributed by atoms with Crippen molar-refractivity contribution < 1.29 is 9.53 Å². The Labute approximate surface area is 157 Å². The number of benzene rings is 2. The Morgan fingerprint density at radius 3 is 2.50 bits per heavy atom. The number of aryl methyl sites for hydroxylation is 1. The number of carbonyl (C=O) groups is 1. The van der Waals surface area contributed by atoms with E-state index >= 15 is 0 Å². The molecule has 26 heavy (non-hydrogen) atoms. The number of hydrogen-bond donors (Lipinski definition) is 1. The van der Waals surface area contributed by atoms with E-state index in [2.05, 4.69) is 10.3 Å². The van der Waals surface area contributed by atoms with Crippen LogP contribution in [0.15, 0.2) is 60.9 Å². The van der Waals surface area contributed by atoms with Gasteiger partial charge in [0.05, 0.1) is 6.04 Å². The standard InChI is InChI=1S/C20H20ClN3O2/c1-14(15-3-7-17(21)8-4-15)23-20(25)16-5-9-18(10-6-16)26-13-19-22-11-12-24(19)2/h3-12,14H,13H2,1-2H3,(H,23,25)/t14-/m1/s1. The maximum Gasteiger partial charge on any atom is 0.251 e. The van der Waals surface area contributed by atoms with Crippen molar-refractivity contribution in [3.8, 4) is 5.75 Å². The fraction of sp³-hybridized carbons (Fsp3) is 0.200. The van der Waals surface area contributed by atoms with Crippen molar-refractivity contribution in [3.05, 3.63) is 82.9 Å². The summed E-state index contributed by atoms with van der Waals surface area (Å²) >= 11 is 5.90. The lowest BCUT2D eigenvalue weighted by Crippen LogP contribution is -2.26. The molecule has 3 rings (SSSR count). The Hall–Kier alpha value is -2.79. The summed E-state index contributed by atoms with van der Waals surface area (Å²) in [7, 11) is 1.92. The summed E-state index contributed by atoms with van der Waals surface area (Å²) in [5.74, 6) is 1.39. The van der Waals surface area contributed by atoms with Crippen molar-refractivity contribution in [2.75, 3.05) is 0 Å². The molecule has 1 heterocycles. The topological polar surface area (TPSA) is 56.1 Å². The number of hydrogen-bond acceptors (Lipinski definition) is 3. The van der Waals surface area contributed by atoms with Gasteiger partial charge in [-0.1, -0.05) is 23.7 Å². The summed E-state index contributed by atoms with van der Waals surface area (Å²) in [4.78, 5) is 16.6. The largest absolute Gasteiger partial charge is 0.486 e. The lowest BCUT2D eigenvalue weighted by molar-refractivity contribution is 0.0940. The molecule has 0 aliphatic heterocycles. The number of carbonyl (C=O) groups excluding carboxylic acids is 1. The van der Waals surface area contributed by atoms with Crippen LogP contribution in [0.5, 0.6) is 5.75 Å². The number of imidazole rings is 1. The van der Waals surface area contributed by atoms with Crippen LogP contribution >= 0.6 is 11.6 Å². The van der Waals surface area contributed by atoms with Gasteiger partial charge in [-0.25, -0.2) is 4.98 Å². The number of ether oxygens (including phenoxy) is 1. The predicted molar refractivity (Wildman–Crippen MR) is 101 cm³/mol. The molecule has 3 aromatic rings. The van der Waals surface area contributed by atoms with Gasteiger partial charge in [-0.3, -0.25) is 4.79 Å². The first-order valence-corrected chi connectivity index (χ1v) is 8.66. The van der Waals surface area contributed by atoms with Crippen molar-refractivity contribution in [2.45, 2.75) is 19.6 Å². The van der Waals surface area contributed by atoms with Crippen LogP contribution in [-0.2, 0) is 13.7 Å². The smallest absolute Gasteiger partial charge is 0.251 e. The van der Waals surface area contributed by atoms with Crippen molar-refractivity contribution in [1.29, 1.82) is 0 Å². The quantitative estimate of drug-likeness (QED) is 0.710. The Kier molecular flexibility index (Phi) is 5.58. The highest BCUT2D eigenvalue weighted by atomic mass is 35.5. The first-order valence-electron chi connectivity index (χ1n) is 8.28. The van der Waals surface area contributed by atoms with Crippen LogP contribution in [0.1, 0.15) is 34.7 Å². The summed E-state index contributed by atoms with van der Waals surface area (Å²) in [6.45, 7) is 2.31. The van der Waals surface area contributed by atoms with Gasteiger partial charge >= 0.3 is 0 Å². The minimum absolute atomic E-state index is 0.112. The van der Waals surface area contributed by atoms with Gasteiger partial charge in [-0.05, 0) is 48.9 Å². The highest BCUT2D eigenvalue weighted by Crippen LogP contribution is 2.18. The average molecular weight is 370 g/mol. The second kappa shape index (κ2) is 8.06. The third kappa shape index (κ3) is 4.43. The number of rotatable bonds is 6. The van der Waals surface area contributed by atoms with E-state index in [-0.39, 0.29) is 11.9 Å². The molecule has 0 saturated heterocycles. The molecule has 1 atom stereocenters. The molecule has 0 fully saturated rings. The minimum atomic E-state index is -0.136. The first-order chi connectivity index (χ1) is 12.5. The summed E-state index contributed by atoms with van der Waals surface area (Å²) in [5, 5.41) is 3.65. The maximum absolute atomic E-state index is 12.4. The Bertz CT molecular complexity index is 873. The second-order valence-corrected chi connectivity index (χ2v) is 6.45. The molecule has 0 radical (unpaired) electrons. The number of halogens is 1. The van der Waals surface area contributed by atoms with Crippen LogP contribution in [0.2, 0.25) is 5.02 Å². The van der Waals surface area contributed by atoms with Crippen LogP contribution < -0.4 is 10.1 Å². The van der Waals surface area contributed by atoms with Crippen molar-refractivity contribution in [1.82, 2.24) is 14.9 Å². The third-order valence-corrected chi connectivity index (χ3v) is 4.37. The molecular weight excluding hydrogens is 350 g/mol. The SMILES string of the molecule is C[C@@H](NC(=O)c1ccc(OCc2nccn2C)cc1)c1ccc(Cl)cc1. The van der Waals surface area contributed by atoms with Crippen molar-refractivity contribution in [2.24, 2.45) is 7.05 Å². The molecule has 6 heteroatoms. The monoisotopic (exact) mass is 369 g/mol. The Balaban J connectivity index is 1.58. The molecule has 1 aromatic heterocycles. The van der Waals surface area contributed by atoms with Crippen LogP contribution in [0.3, 0.4) is 0 Å². The molecule has 0 bridgehead atoms. The van der Waals surface area contributed by atoms with Gasteiger partial charge in [0.2, 0.25) is 0 Å². The number of nitrogens with zero attached hydrogens (tertiary/aromatic N) is 2. The number of aromatic nitrogens is 2. The fourth-order valence-electron chi connectivity index (χ4n) is 2.50. The summed E-state index contributed by atoms with van der Waals surface area (Å²) in [6, 6.07) is 14.4.